The number of aromatic nitrogens is 1. The molecule has 14 heavy (non-hydrogen) atoms. The Morgan fingerprint density at radius 3 is 2.79 bits per heavy atom. The number of ether oxygens (including phenoxy) is 1. The highest BCUT2D eigenvalue weighted by atomic mass is 16.5. The van der Waals surface area contributed by atoms with Crippen LogP contribution in [-0.4, -0.2) is 12.1 Å². The highest BCUT2D eigenvalue weighted by Gasteiger charge is 2.03. The van der Waals surface area contributed by atoms with Crippen molar-refractivity contribution in [3.63, 3.8) is 0 Å². The highest BCUT2D eigenvalue weighted by Crippen LogP contribution is 2.26. The molecule has 2 rings (SSSR count). The van der Waals surface area contributed by atoms with Crippen LogP contribution in [0.25, 0.3) is 10.8 Å². The van der Waals surface area contributed by atoms with Crippen molar-refractivity contribution in [2.45, 2.75) is 13.3 Å². The first-order chi connectivity index (χ1) is 6.86. The monoisotopic (exact) mass is 187 g/mol. The lowest BCUT2D eigenvalue weighted by Gasteiger charge is -2.07. The van der Waals surface area contributed by atoms with Gasteiger partial charge < -0.3 is 4.74 Å². The topological polar surface area (TPSA) is 22.1 Å². The van der Waals surface area contributed by atoms with Gasteiger partial charge in [0, 0.05) is 17.0 Å². The number of rotatable bonds is 2. The molecule has 0 spiro atoms. The van der Waals surface area contributed by atoms with E-state index in [4.69, 9.17) is 4.74 Å². The van der Waals surface area contributed by atoms with E-state index in [1.165, 1.54) is 10.9 Å². The molecule has 0 bridgehead atoms. The van der Waals surface area contributed by atoms with Gasteiger partial charge >= 0.3 is 0 Å². The molecule has 0 radical (unpaired) electrons. The number of aryl methyl sites for hydroxylation is 1. The van der Waals surface area contributed by atoms with E-state index in [1.807, 2.05) is 6.20 Å². The second kappa shape index (κ2) is 3.66. The van der Waals surface area contributed by atoms with Crippen LogP contribution < -0.4 is 4.74 Å². The Morgan fingerprint density at radius 1 is 1.21 bits per heavy atom. The first-order valence-electron chi connectivity index (χ1n) is 4.76. The van der Waals surface area contributed by atoms with Gasteiger partial charge in [0.05, 0.1) is 13.3 Å². The van der Waals surface area contributed by atoms with Crippen LogP contribution in [0.1, 0.15) is 12.5 Å². The molecule has 0 aliphatic heterocycles. The summed E-state index contributed by atoms with van der Waals surface area (Å²) in [5.74, 6) is 0.845. The minimum atomic E-state index is 0.845. The summed E-state index contributed by atoms with van der Waals surface area (Å²) in [5.41, 5.74) is 1.31. The van der Waals surface area contributed by atoms with Gasteiger partial charge in [0.15, 0.2) is 0 Å². The standard InChI is InChI=1S/C12H13NO/c1-3-9-5-4-6-10-11(9)7-13-8-12(10)14-2/h4-8H,3H2,1-2H3. The van der Waals surface area contributed by atoms with Crippen LogP contribution in [0, 0.1) is 0 Å². The van der Waals surface area contributed by atoms with Gasteiger partial charge in [-0.3, -0.25) is 4.98 Å². The number of hydrogen-bond acceptors (Lipinski definition) is 2. The van der Waals surface area contributed by atoms with Gasteiger partial charge in [0.1, 0.15) is 5.75 Å². The zero-order valence-electron chi connectivity index (χ0n) is 8.45. The molecule has 0 saturated heterocycles. The van der Waals surface area contributed by atoms with E-state index >= 15 is 0 Å². The lowest BCUT2D eigenvalue weighted by Crippen LogP contribution is -1.89. The van der Waals surface area contributed by atoms with E-state index in [2.05, 4.69) is 30.1 Å². The quantitative estimate of drug-likeness (QED) is 0.721. The van der Waals surface area contributed by atoms with Crippen molar-refractivity contribution in [1.29, 1.82) is 0 Å². The van der Waals surface area contributed by atoms with Crippen LogP contribution >= 0.6 is 0 Å². The molecule has 1 aromatic carbocycles. The number of hydrogen-bond donors (Lipinski definition) is 0. The third-order valence-electron chi connectivity index (χ3n) is 2.46. The van der Waals surface area contributed by atoms with Gasteiger partial charge in [-0.05, 0) is 12.0 Å². The van der Waals surface area contributed by atoms with Crippen LogP contribution in [-0.2, 0) is 6.42 Å². The molecule has 72 valence electrons. The second-order valence-electron chi connectivity index (χ2n) is 3.21. The van der Waals surface area contributed by atoms with E-state index in [0.29, 0.717) is 0 Å². The predicted molar refractivity (Wildman–Crippen MR) is 57.7 cm³/mol. The molecule has 0 unspecified atom stereocenters. The Kier molecular flexibility index (Phi) is 2.35. The van der Waals surface area contributed by atoms with E-state index in [0.717, 1.165) is 17.6 Å². The maximum Gasteiger partial charge on any atom is 0.144 e. The maximum absolute atomic E-state index is 5.26. The lowest BCUT2D eigenvalue weighted by atomic mass is 10.0. The molecule has 0 aliphatic carbocycles. The first kappa shape index (κ1) is 9.00. The van der Waals surface area contributed by atoms with E-state index in [1.54, 1.807) is 13.3 Å². The van der Waals surface area contributed by atoms with Crippen LogP contribution in [0.4, 0.5) is 0 Å². The average molecular weight is 187 g/mol. The van der Waals surface area contributed by atoms with Crippen molar-refractivity contribution >= 4 is 10.8 Å². The van der Waals surface area contributed by atoms with E-state index in [-0.39, 0.29) is 0 Å². The highest BCUT2D eigenvalue weighted by molar-refractivity contribution is 5.89. The van der Waals surface area contributed by atoms with Gasteiger partial charge in [-0.1, -0.05) is 25.1 Å². The molecule has 0 saturated carbocycles. The Bertz CT molecular complexity index is 408. The summed E-state index contributed by atoms with van der Waals surface area (Å²) >= 11 is 0. The Labute approximate surface area is 83.5 Å². The number of nitrogens with zero attached hydrogens (tertiary/aromatic N) is 1. The van der Waals surface area contributed by atoms with Crippen LogP contribution in [0.2, 0.25) is 0 Å². The van der Waals surface area contributed by atoms with Crippen molar-refractivity contribution in [3.05, 3.63) is 36.2 Å². The number of methoxy groups -OCH3 is 1. The second-order valence-corrected chi connectivity index (χ2v) is 3.21. The summed E-state index contributed by atoms with van der Waals surface area (Å²) in [6.45, 7) is 2.15. The summed E-state index contributed by atoms with van der Waals surface area (Å²) in [7, 11) is 1.68. The predicted octanol–water partition coefficient (Wildman–Crippen LogP) is 2.81. The van der Waals surface area contributed by atoms with Crippen molar-refractivity contribution in [2.24, 2.45) is 0 Å². The molecule has 0 amide bonds. The Hall–Kier alpha value is -1.57. The van der Waals surface area contributed by atoms with Crippen LogP contribution in [0.3, 0.4) is 0 Å². The summed E-state index contributed by atoms with van der Waals surface area (Å²) in [6.07, 6.45) is 4.67. The summed E-state index contributed by atoms with van der Waals surface area (Å²) in [5, 5.41) is 2.33. The molecular weight excluding hydrogens is 174 g/mol. The van der Waals surface area contributed by atoms with E-state index < -0.39 is 0 Å². The van der Waals surface area contributed by atoms with Gasteiger partial charge in [0.25, 0.3) is 0 Å². The summed E-state index contributed by atoms with van der Waals surface area (Å²) in [4.78, 5) is 4.17. The fraction of sp³-hybridized carbons (Fsp3) is 0.250. The normalized spacial score (nSPS) is 10.4. The molecule has 0 fully saturated rings. The third kappa shape index (κ3) is 1.33. The van der Waals surface area contributed by atoms with Crippen molar-refractivity contribution in [1.82, 2.24) is 4.98 Å². The number of benzene rings is 1. The number of fused-ring (bicyclic) bond motifs is 1. The van der Waals surface area contributed by atoms with Crippen LogP contribution in [0.15, 0.2) is 30.6 Å². The Morgan fingerprint density at radius 2 is 2.07 bits per heavy atom. The minimum Gasteiger partial charge on any atom is -0.494 e. The molecular formula is C12H13NO. The third-order valence-corrected chi connectivity index (χ3v) is 2.46. The summed E-state index contributed by atoms with van der Waals surface area (Å²) < 4.78 is 5.26. The molecule has 2 nitrogen and oxygen atoms in total. The van der Waals surface area contributed by atoms with Crippen LogP contribution in [0.5, 0.6) is 5.75 Å². The molecule has 2 aromatic rings. The van der Waals surface area contributed by atoms with Gasteiger partial charge in [0.2, 0.25) is 0 Å². The molecule has 0 atom stereocenters. The Balaban J connectivity index is 2.77. The molecule has 0 N–H and O–H groups in total. The first-order valence-corrected chi connectivity index (χ1v) is 4.76. The maximum atomic E-state index is 5.26. The fourth-order valence-electron chi connectivity index (χ4n) is 1.70. The van der Waals surface area contributed by atoms with Crippen molar-refractivity contribution in [2.75, 3.05) is 7.11 Å². The largest absolute Gasteiger partial charge is 0.494 e. The molecule has 2 heteroatoms. The number of pyridine rings is 1. The summed E-state index contributed by atoms with van der Waals surface area (Å²) in [6, 6.07) is 6.25. The molecule has 1 heterocycles. The molecule has 0 aliphatic rings. The smallest absolute Gasteiger partial charge is 0.144 e. The zero-order valence-corrected chi connectivity index (χ0v) is 8.45. The minimum absolute atomic E-state index is 0.845. The SMILES string of the molecule is CCc1cccc2c(OC)cncc12. The van der Waals surface area contributed by atoms with Gasteiger partial charge in [-0.2, -0.15) is 0 Å². The van der Waals surface area contributed by atoms with Crippen molar-refractivity contribution < 1.29 is 4.74 Å². The zero-order chi connectivity index (χ0) is 9.97. The van der Waals surface area contributed by atoms with Crippen molar-refractivity contribution in [3.8, 4) is 5.75 Å². The van der Waals surface area contributed by atoms with E-state index in [9.17, 15) is 0 Å². The molecule has 1 aromatic heterocycles. The van der Waals surface area contributed by atoms with Gasteiger partial charge in [-0.25, -0.2) is 0 Å². The fourth-order valence-corrected chi connectivity index (χ4v) is 1.70. The lowest BCUT2D eigenvalue weighted by molar-refractivity contribution is 0.418. The average Bonchev–Trinajstić information content (AvgIpc) is 2.27. The van der Waals surface area contributed by atoms with Gasteiger partial charge in [-0.15, -0.1) is 0 Å².